The van der Waals surface area contributed by atoms with E-state index in [2.05, 4.69) is 0 Å². The van der Waals surface area contributed by atoms with Crippen molar-refractivity contribution in [1.82, 2.24) is 0 Å². The van der Waals surface area contributed by atoms with Crippen molar-refractivity contribution in [3.8, 4) is 5.75 Å². The van der Waals surface area contributed by atoms with Gasteiger partial charge >= 0.3 is 7.12 Å². The molecule has 0 fully saturated rings. The van der Waals surface area contributed by atoms with E-state index in [1.807, 2.05) is 24.3 Å². The molecule has 2 rings (SSSR count). The number of benzene rings is 2. The van der Waals surface area contributed by atoms with Crippen molar-refractivity contribution in [3.05, 3.63) is 59.1 Å². The minimum absolute atomic E-state index is 0.425. The van der Waals surface area contributed by atoms with Gasteiger partial charge in [-0.2, -0.15) is 0 Å². The van der Waals surface area contributed by atoms with Gasteiger partial charge < -0.3 is 19.5 Å². The number of rotatable bonds is 7. The van der Waals surface area contributed by atoms with E-state index >= 15 is 0 Å². The predicted octanol–water partition coefficient (Wildman–Crippen LogP) is 1.62. The number of hydrogen-bond acceptors (Lipinski definition) is 4. The topological polar surface area (TPSA) is 58.9 Å². The summed E-state index contributed by atoms with van der Waals surface area (Å²) in [7, 11) is -1.46. The van der Waals surface area contributed by atoms with E-state index in [1.54, 1.807) is 24.3 Å². The SMILES string of the molecule is OB(O)c1ccc(OCCOCc2ccc(Cl)cc2)cc1. The molecule has 2 N–H and O–H groups in total. The van der Waals surface area contributed by atoms with Gasteiger partial charge in [0.2, 0.25) is 0 Å². The summed E-state index contributed by atoms with van der Waals surface area (Å²) >= 11 is 5.80. The van der Waals surface area contributed by atoms with Crippen LogP contribution < -0.4 is 10.2 Å². The predicted molar refractivity (Wildman–Crippen MR) is 82.9 cm³/mol. The zero-order valence-electron chi connectivity index (χ0n) is 11.4. The Labute approximate surface area is 129 Å². The summed E-state index contributed by atoms with van der Waals surface area (Å²) < 4.78 is 11.0. The minimum Gasteiger partial charge on any atom is -0.491 e. The Morgan fingerprint density at radius 2 is 1.57 bits per heavy atom. The Kier molecular flexibility index (Phi) is 6.08. The van der Waals surface area contributed by atoms with Crippen LogP contribution in [0.25, 0.3) is 0 Å². The molecule has 0 spiro atoms. The summed E-state index contributed by atoms with van der Waals surface area (Å²) in [5.74, 6) is 0.662. The maximum Gasteiger partial charge on any atom is 0.488 e. The highest BCUT2D eigenvalue weighted by atomic mass is 35.5. The largest absolute Gasteiger partial charge is 0.491 e. The Bertz CT molecular complexity index is 543. The standard InChI is InChI=1S/C15H16BClO4/c17-14-5-1-12(2-6-14)11-20-9-10-21-15-7-3-13(4-8-15)16(18)19/h1-8,18-19H,9-11H2. The summed E-state index contributed by atoms with van der Waals surface area (Å²) in [5, 5.41) is 18.7. The molecule has 2 aromatic rings. The van der Waals surface area contributed by atoms with Gasteiger partial charge in [-0.3, -0.25) is 0 Å². The Morgan fingerprint density at radius 1 is 0.905 bits per heavy atom. The van der Waals surface area contributed by atoms with Crippen LogP contribution in [0.4, 0.5) is 0 Å². The molecule has 2 aromatic carbocycles. The first-order chi connectivity index (χ1) is 10.1. The molecule has 0 saturated heterocycles. The molecule has 0 unspecified atom stereocenters. The van der Waals surface area contributed by atoms with E-state index < -0.39 is 7.12 Å². The van der Waals surface area contributed by atoms with Crippen molar-refractivity contribution in [2.24, 2.45) is 0 Å². The highest BCUT2D eigenvalue weighted by Gasteiger charge is 2.09. The number of hydrogen-bond donors (Lipinski definition) is 2. The summed E-state index contributed by atoms with van der Waals surface area (Å²) in [5.41, 5.74) is 1.49. The van der Waals surface area contributed by atoms with Crippen LogP contribution in [0.2, 0.25) is 5.02 Å². The molecule has 0 heterocycles. The normalized spacial score (nSPS) is 10.4. The number of halogens is 1. The van der Waals surface area contributed by atoms with Crippen LogP contribution >= 0.6 is 11.6 Å². The molecule has 21 heavy (non-hydrogen) atoms. The first-order valence-corrected chi connectivity index (χ1v) is 6.94. The van der Waals surface area contributed by atoms with Crippen molar-refractivity contribution in [2.75, 3.05) is 13.2 Å². The van der Waals surface area contributed by atoms with Crippen LogP contribution in [0.3, 0.4) is 0 Å². The Hall–Kier alpha value is -1.53. The molecule has 0 atom stereocenters. The smallest absolute Gasteiger partial charge is 0.488 e. The van der Waals surface area contributed by atoms with E-state index in [0.29, 0.717) is 36.1 Å². The Balaban J connectivity index is 1.66. The summed E-state index contributed by atoms with van der Waals surface area (Å²) in [4.78, 5) is 0. The maximum atomic E-state index is 8.97. The van der Waals surface area contributed by atoms with E-state index in [9.17, 15) is 0 Å². The van der Waals surface area contributed by atoms with Gasteiger partial charge in [0.1, 0.15) is 12.4 Å². The van der Waals surface area contributed by atoms with Crippen LogP contribution in [0.15, 0.2) is 48.5 Å². The molecule has 0 aliphatic carbocycles. The molecule has 110 valence electrons. The zero-order chi connectivity index (χ0) is 15.1. The fraction of sp³-hybridized carbons (Fsp3) is 0.200. The lowest BCUT2D eigenvalue weighted by Crippen LogP contribution is -2.29. The summed E-state index contributed by atoms with van der Waals surface area (Å²) in [6, 6.07) is 14.1. The molecular weight excluding hydrogens is 290 g/mol. The number of ether oxygens (including phenoxy) is 2. The molecular formula is C15H16BClO4. The van der Waals surface area contributed by atoms with Gasteiger partial charge in [0.25, 0.3) is 0 Å². The highest BCUT2D eigenvalue weighted by molar-refractivity contribution is 6.58. The first kappa shape index (κ1) is 15.9. The lowest BCUT2D eigenvalue weighted by Gasteiger charge is -2.08. The molecule has 0 bridgehead atoms. The molecule has 0 amide bonds. The zero-order valence-corrected chi connectivity index (χ0v) is 12.2. The minimum atomic E-state index is -1.46. The van der Waals surface area contributed by atoms with E-state index in [-0.39, 0.29) is 0 Å². The average molecular weight is 307 g/mol. The third-order valence-corrected chi connectivity index (χ3v) is 3.11. The molecule has 0 aliphatic rings. The monoisotopic (exact) mass is 306 g/mol. The van der Waals surface area contributed by atoms with Gasteiger partial charge in [0.05, 0.1) is 13.2 Å². The van der Waals surface area contributed by atoms with Crippen molar-refractivity contribution in [3.63, 3.8) is 0 Å². The van der Waals surface area contributed by atoms with Gasteiger partial charge in [-0.05, 0) is 35.3 Å². The van der Waals surface area contributed by atoms with Crippen molar-refractivity contribution in [1.29, 1.82) is 0 Å². The second kappa shape index (κ2) is 8.05. The molecule has 0 saturated carbocycles. The van der Waals surface area contributed by atoms with Crippen molar-refractivity contribution >= 4 is 24.2 Å². The van der Waals surface area contributed by atoms with Crippen LogP contribution in [0.1, 0.15) is 5.56 Å². The fourth-order valence-electron chi connectivity index (χ4n) is 1.73. The van der Waals surface area contributed by atoms with E-state index in [4.69, 9.17) is 31.1 Å². The van der Waals surface area contributed by atoms with Gasteiger partial charge in [0, 0.05) is 5.02 Å². The molecule has 0 aliphatic heterocycles. The van der Waals surface area contributed by atoms with Crippen molar-refractivity contribution < 1.29 is 19.5 Å². The second-order valence-electron chi connectivity index (χ2n) is 4.47. The summed E-state index contributed by atoms with van der Waals surface area (Å²) in [6.07, 6.45) is 0. The first-order valence-electron chi connectivity index (χ1n) is 6.56. The molecule has 6 heteroatoms. The molecule has 4 nitrogen and oxygen atoms in total. The van der Waals surface area contributed by atoms with E-state index in [0.717, 1.165) is 5.56 Å². The molecule has 0 aromatic heterocycles. The van der Waals surface area contributed by atoms with Gasteiger partial charge in [0.15, 0.2) is 0 Å². The maximum absolute atomic E-state index is 8.97. The summed E-state index contributed by atoms with van der Waals surface area (Å²) in [6.45, 7) is 1.40. The van der Waals surface area contributed by atoms with Crippen molar-refractivity contribution in [2.45, 2.75) is 6.61 Å². The van der Waals surface area contributed by atoms with Crippen LogP contribution in [0.5, 0.6) is 5.75 Å². The van der Waals surface area contributed by atoms with Crippen LogP contribution in [0, 0.1) is 0 Å². The van der Waals surface area contributed by atoms with Gasteiger partial charge in [-0.25, -0.2) is 0 Å². The van der Waals surface area contributed by atoms with Crippen LogP contribution in [-0.4, -0.2) is 30.4 Å². The van der Waals surface area contributed by atoms with E-state index in [1.165, 1.54) is 0 Å². The second-order valence-corrected chi connectivity index (χ2v) is 4.91. The fourth-order valence-corrected chi connectivity index (χ4v) is 1.85. The highest BCUT2D eigenvalue weighted by Crippen LogP contribution is 2.10. The Morgan fingerprint density at radius 3 is 2.19 bits per heavy atom. The molecule has 0 radical (unpaired) electrons. The third-order valence-electron chi connectivity index (χ3n) is 2.86. The third kappa shape index (κ3) is 5.40. The van der Waals surface area contributed by atoms with Gasteiger partial charge in [-0.15, -0.1) is 0 Å². The lowest BCUT2D eigenvalue weighted by atomic mass is 9.80. The van der Waals surface area contributed by atoms with Gasteiger partial charge in [-0.1, -0.05) is 35.9 Å². The quantitative estimate of drug-likeness (QED) is 0.603. The van der Waals surface area contributed by atoms with Crippen LogP contribution in [-0.2, 0) is 11.3 Å². The average Bonchev–Trinajstić information content (AvgIpc) is 2.49. The lowest BCUT2D eigenvalue weighted by molar-refractivity contribution is 0.0889.